The zero-order valence-corrected chi connectivity index (χ0v) is 13.5. The van der Waals surface area contributed by atoms with E-state index in [1.54, 1.807) is 7.11 Å². The summed E-state index contributed by atoms with van der Waals surface area (Å²) in [6.07, 6.45) is 3.19. The summed E-state index contributed by atoms with van der Waals surface area (Å²) in [7, 11) is 1.73. The molecule has 0 fully saturated rings. The molecule has 0 saturated heterocycles. The zero-order valence-electron chi connectivity index (χ0n) is 11.9. The van der Waals surface area contributed by atoms with E-state index in [1.807, 2.05) is 30.0 Å². The minimum absolute atomic E-state index is 0.342. The predicted octanol–water partition coefficient (Wildman–Crippen LogP) is 5.61. The van der Waals surface area contributed by atoms with Gasteiger partial charge in [-0.1, -0.05) is 42.5 Å². The normalized spacial score (nSPS) is 17.0. The summed E-state index contributed by atoms with van der Waals surface area (Å²) in [5.74, 6) is 1.61. The molecule has 3 heteroatoms. The van der Waals surface area contributed by atoms with Gasteiger partial charge in [-0.05, 0) is 29.7 Å². The Labute approximate surface area is 135 Å². The first kappa shape index (κ1) is 14.6. The summed E-state index contributed by atoms with van der Waals surface area (Å²) in [4.78, 5) is 1.30. The second kappa shape index (κ2) is 6.59. The summed E-state index contributed by atoms with van der Waals surface area (Å²) in [6, 6.07) is 16.7. The van der Waals surface area contributed by atoms with Crippen molar-refractivity contribution < 1.29 is 4.74 Å². The number of hydrogen-bond donors (Lipinski definition) is 0. The molecule has 0 aromatic heterocycles. The number of benzene rings is 2. The predicted molar refractivity (Wildman–Crippen MR) is 93.0 cm³/mol. The van der Waals surface area contributed by atoms with Crippen molar-refractivity contribution >= 4 is 34.3 Å². The first-order valence-electron chi connectivity index (χ1n) is 7.00. The molecule has 0 aliphatic carbocycles. The van der Waals surface area contributed by atoms with Crippen molar-refractivity contribution in [1.82, 2.24) is 0 Å². The van der Waals surface area contributed by atoms with Gasteiger partial charge in [-0.25, -0.2) is 0 Å². The van der Waals surface area contributed by atoms with Gasteiger partial charge in [0.05, 0.1) is 7.11 Å². The third-order valence-corrected chi connectivity index (χ3v) is 5.21. The Hall–Kier alpha value is -1.38. The van der Waals surface area contributed by atoms with E-state index >= 15 is 0 Å². The number of thioether (sulfide) groups is 1. The minimum Gasteiger partial charge on any atom is -0.496 e. The molecule has 0 bridgehead atoms. The molecular formula is C18H17ClOS. The highest BCUT2D eigenvalue weighted by Gasteiger charge is 2.25. The number of fused-ring (bicyclic) bond motifs is 1. The highest BCUT2D eigenvalue weighted by molar-refractivity contribution is 8.08. The molecule has 3 rings (SSSR count). The van der Waals surface area contributed by atoms with Gasteiger partial charge >= 0.3 is 0 Å². The van der Waals surface area contributed by atoms with Gasteiger partial charge in [-0.2, -0.15) is 0 Å². The zero-order chi connectivity index (χ0) is 14.7. The largest absolute Gasteiger partial charge is 0.496 e. The van der Waals surface area contributed by atoms with Crippen LogP contribution in [-0.2, 0) is 0 Å². The lowest BCUT2D eigenvalue weighted by Crippen LogP contribution is -2.05. The van der Waals surface area contributed by atoms with Gasteiger partial charge in [-0.15, -0.1) is 23.4 Å². The van der Waals surface area contributed by atoms with Crippen LogP contribution in [0, 0.1) is 0 Å². The smallest absolute Gasteiger partial charge is 0.123 e. The van der Waals surface area contributed by atoms with Crippen molar-refractivity contribution in [2.45, 2.75) is 11.7 Å². The maximum absolute atomic E-state index is 6.02. The Morgan fingerprint density at radius 3 is 2.62 bits per heavy atom. The van der Waals surface area contributed by atoms with Gasteiger partial charge in [0.2, 0.25) is 0 Å². The number of rotatable bonds is 4. The Balaban J connectivity index is 2.09. The lowest BCUT2D eigenvalue weighted by Gasteiger charge is -2.26. The minimum atomic E-state index is 0.342. The number of hydrogen-bond acceptors (Lipinski definition) is 2. The van der Waals surface area contributed by atoms with Crippen LogP contribution in [0.2, 0.25) is 0 Å². The topological polar surface area (TPSA) is 9.23 Å². The number of halogens is 1. The van der Waals surface area contributed by atoms with E-state index < -0.39 is 0 Å². The molecule has 1 nitrogen and oxygen atoms in total. The van der Waals surface area contributed by atoms with Crippen LogP contribution in [0.3, 0.4) is 0 Å². The van der Waals surface area contributed by atoms with Crippen molar-refractivity contribution in [3.05, 3.63) is 65.2 Å². The second-order valence-electron chi connectivity index (χ2n) is 4.92. The standard InChI is InChI=1S/C18H17ClOS/c1-20-15-9-5-8-14-12-17(13-6-3-2-4-7-13)21-16(10-11-19)18(14)15/h2-9,12,16H,10-11H2,1H3. The monoisotopic (exact) mass is 316 g/mol. The molecule has 1 unspecified atom stereocenters. The molecule has 0 N–H and O–H groups in total. The van der Waals surface area contributed by atoms with Crippen molar-refractivity contribution in [3.63, 3.8) is 0 Å². The number of alkyl halides is 1. The van der Waals surface area contributed by atoms with E-state index in [0.29, 0.717) is 11.1 Å². The Bertz CT molecular complexity index is 652. The van der Waals surface area contributed by atoms with E-state index in [9.17, 15) is 0 Å². The molecule has 0 saturated carbocycles. The molecule has 1 heterocycles. The Morgan fingerprint density at radius 1 is 1.10 bits per heavy atom. The quantitative estimate of drug-likeness (QED) is 0.678. The molecule has 1 aliphatic rings. The van der Waals surface area contributed by atoms with E-state index in [4.69, 9.17) is 16.3 Å². The second-order valence-corrected chi connectivity index (χ2v) is 6.54. The van der Waals surface area contributed by atoms with E-state index in [1.165, 1.54) is 21.6 Å². The van der Waals surface area contributed by atoms with Crippen LogP contribution in [0.1, 0.15) is 28.4 Å². The molecular weight excluding hydrogens is 300 g/mol. The molecule has 2 aromatic carbocycles. The maximum atomic E-state index is 6.02. The summed E-state index contributed by atoms with van der Waals surface area (Å²) in [6.45, 7) is 0. The first-order valence-corrected chi connectivity index (χ1v) is 8.41. The van der Waals surface area contributed by atoms with Gasteiger partial charge in [0, 0.05) is 21.6 Å². The SMILES string of the molecule is COc1cccc2c1C(CCCl)SC(c1ccccc1)=C2. The lowest BCUT2D eigenvalue weighted by atomic mass is 9.99. The number of ether oxygens (including phenoxy) is 1. The summed E-state index contributed by atoms with van der Waals surface area (Å²) < 4.78 is 5.54. The number of methoxy groups -OCH3 is 1. The van der Waals surface area contributed by atoms with Crippen LogP contribution < -0.4 is 4.74 Å². The van der Waals surface area contributed by atoms with Crippen molar-refractivity contribution in [2.75, 3.05) is 13.0 Å². The van der Waals surface area contributed by atoms with E-state index in [0.717, 1.165) is 12.2 Å². The fourth-order valence-electron chi connectivity index (χ4n) is 2.65. The van der Waals surface area contributed by atoms with Crippen LogP contribution >= 0.6 is 23.4 Å². The Morgan fingerprint density at radius 2 is 1.90 bits per heavy atom. The average molecular weight is 317 g/mol. The van der Waals surface area contributed by atoms with E-state index in [2.05, 4.69) is 36.4 Å². The molecule has 0 spiro atoms. The van der Waals surface area contributed by atoms with E-state index in [-0.39, 0.29) is 0 Å². The van der Waals surface area contributed by atoms with Crippen LogP contribution in [0.4, 0.5) is 0 Å². The van der Waals surface area contributed by atoms with Crippen LogP contribution in [0.15, 0.2) is 48.5 Å². The fourth-order valence-corrected chi connectivity index (χ4v) is 4.38. The Kier molecular flexibility index (Phi) is 4.57. The maximum Gasteiger partial charge on any atom is 0.123 e. The third kappa shape index (κ3) is 2.97. The van der Waals surface area contributed by atoms with Gasteiger partial charge in [0.1, 0.15) is 5.75 Å². The van der Waals surface area contributed by atoms with Crippen molar-refractivity contribution in [2.24, 2.45) is 0 Å². The van der Waals surface area contributed by atoms with Crippen molar-refractivity contribution in [3.8, 4) is 5.75 Å². The van der Waals surface area contributed by atoms with Gasteiger partial charge in [0.25, 0.3) is 0 Å². The van der Waals surface area contributed by atoms with Gasteiger partial charge < -0.3 is 4.74 Å². The molecule has 2 aromatic rings. The summed E-state index contributed by atoms with van der Waals surface area (Å²) >= 11 is 7.90. The molecule has 21 heavy (non-hydrogen) atoms. The fraction of sp³-hybridized carbons (Fsp3) is 0.222. The summed E-state index contributed by atoms with van der Waals surface area (Å²) in [5, 5.41) is 0.342. The lowest BCUT2D eigenvalue weighted by molar-refractivity contribution is 0.409. The molecule has 0 amide bonds. The van der Waals surface area contributed by atoms with Crippen LogP contribution in [0.5, 0.6) is 5.75 Å². The molecule has 0 radical (unpaired) electrons. The highest BCUT2D eigenvalue weighted by atomic mass is 35.5. The highest BCUT2D eigenvalue weighted by Crippen LogP contribution is 2.50. The summed E-state index contributed by atoms with van der Waals surface area (Å²) in [5.41, 5.74) is 3.77. The van der Waals surface area contributed by atoms with Crippen LogP contribution in [-0.4, -0.2) is 13.0 Å². The average Bonchev–Trinajstić information content (AvgIpc) is 2.55. The molecule has 108 valence electrons. The van der Waals surface area contributed by atoms with Crippen molar-refractivity contribution in [1.29, 1.82) is 0 Å². The molecule has 1 aliphatic heterocycles. The first-order chi connectivity index (χ1) is 10.3. The van der Waals surface area contributed by atoms with Crippen LogP contribution in [0.25, 0.3) is 11.0 Å². The van der Waals surface area contributed by atoms with Gasteiger partial charge in [-0.3, -0.25) is 0 Å². The van der Waals surface area contributed by atoms with Gasteiger partial charge in [0.15, 0.2) is 0 Å². The molecule has 1 atom stereocenters. The third-order valence-electron chi connectivity index (χ3n) is 3.63.